The van der Waals surface area contributed by atoms with E-state index in [2.05, 4.69) is 20.6 Å². The second-order valence-electron chi connectivity index (χ2n) is 7.31. The van der Waals surface area contributed by atoms with E-state index in [0.29, 0.717) is 62.7 Å². The number of H-pyrrole nitrogens is 1. The Hall–Kier alpha value is -2.45. The Morgan fingerprint density at radius 1 is 0.935 bits per heavy atom. The molecule has 0 unspecified atom stereocenters. The van der Waals surface area contributed by atoms with Gasteiger partial charge in [-0.3, -0.25) is 9.59 Å². The molecule has 0 aliphatic rings. The van der Waals surface area contributed by atoms with E-state index in [1.54, 1.807) is 0 Å². The number of nitrogens with zero attached hydrogens (tertiary/aromatic N) is 1. The van der Waals surface area contributed by atoms with E-state index < -0.39 is 42.8 Å². The third-order valence-corrected chi connectivity index (χ3v) is 4.68. The van der Waals surface area contributed by atoms with Crippen LogP contribution in [0.1, 0.15) is 37.8 Å². The average Bonchev–Trinajstić information content (AvgIpc) is 3.10. The predicted octanol–water partition coefficient (Wildman–Crippen LogP) is -1.74. The number of imidazole rings is 1. The number of aliphatic hydroxyl groups excluding tert-OH is 3. The number of carboxylic acid groups (broad SMARTS) is 2. The minimum Gasteiger partial charge on any atom is -0.480 e. The van der Waals surface area contributed by atoms with Gasteiger partial charge >= 0.3 is 11.9 Å². The number of carboxylic acids is 2. The highest BCUT2D eigenvalue weighted by atomic mass is 16.4. The molecule has 0 aromatic carbocycles. The Morgan fingerprint density at radius 2 is 1.52 bits per heavy atom. The lowest BCUT2D eigenvalue weighted by Crippen LogP contribution is -2.31. The summed E-state index contributed by atoms with van der Waals surface area (Å²) in [6, 6.07) is -1.84. The van der Waals surface area contributed by atoms with E-state index in [1.807, 2.05) is 0 Å². The molecule has 1 aromatic heterocycles. The van der Waals surface area contributed by atoms with Crippen molar-refractivity contribution in [1.29, 1.82) is 0 Å². The third kappa shape index (κ3) is 9.93. The van der Waals surface area contributed by atoms with Gasteiger partial charge in [0.2, 0.25) is 5.95 Å². The summed E-state index contributed by atoms with van der Waals surface area (Å²) in [5, 5.41) is 52.3. The maximum atomic E-state index is 10.7. The molecule has 0 saturated carbocycles. The van der Waals surface area contributed by atoms with Crippen LogP contribution in [0.15, 0.2) is 0 Å². The SMILES string of the molecule is N[C@@H](CCCCNc1nc(NCCC[C@H](N)C(=O)O)[nH]c1C[C@H](O)[C@H](O)CO)C(=O)O. The number of aliphatic carboxylic acids is 2. The fraction of sp³-hybridized carbons (Fsp3) is 0.722. The molecule has 4 atom stereocenters. The van der Waals surface area contributed by atoms with Gasteiger partial charge in [-0.2, -0.15) is 4.98 Å². The lowest BCUT2D eigenvalue weighted by Gasteiger charge is -2.15. The molecule has 1 heterocycles. The number of nitrogens with two attached hydrogens (primary N) is 2. The van der Waals surface area contributed by atoms with Crippen LogP contribution >= 0.6 is 0 Å². The Balaban J connectivity index is 2.63. The number of carbonyl (C=O) groups is 2. The van der Waals surface area contributed by atoms with E-state index >= 15 is 0 Å². The molecule has 1 rings (SSSR count). The van der Waals surface area contributed by atoms with Crippen molar-refractivity contribution >= 4 is 23.7 Å². The molecule has 1 aromatic rings. The van der Waals surface area contributed by atoms with Gasteiger partial charge in [-0.1, -0.05) is 0 Å². The van der Waals surface area contributed by atoms with Crippen molar-refractivity contribution in [1.82, 2.24) is 9.97 Å². The molecule has 0 bridgehead atoms. The number of hydrogen-bond acceptors (Lipinski definition) is 10. The smallest absolute Gasteiger partial charge is 0.320 e. The summed E-state index contributed by atoms with van der Waals surface area (Å²) >= 11 is 0. The van der Waals surface area contributed by atoms with Crippen LogP contribution < -0.4 is 22.1 Å². The van der Waals surface area contributed by atoms with Crippen LogP contribution in [-0.4, -0.2) is 91.4 Å². The molecular formula is C18H34N6O7. The summed E-state index contributed by atoms with van der Waals surface area (Å²) in [5.41, 5.74) is 11.4. The molecule has 0 radical (unpaired) electrons. The molecule has 178 valence electrons. The van der Waals surface area contributed by atoms with Gasteiger partial charge in [0.15, 0.2) is 0 Å². The molecule has 0 aliphatic carbocycles. The van der Waals surface area contributed by atoms with Gasteiger partial charge in [0.25, 0.3) is 0 Å². The minimum atomic E-state index is -1.30. The van der Waals surface area contributed by atoms with Crippen molar-refractivity contribution in [2.75, 3.05) is 30.3 Å². The van der Waals surface area contributed by atoms with Crippen molar-refractivity contribution in [3.05, 3.63) is 5.69 Å². The normalized spacial score (nSPS) is 15.1. The minimum absolute atomic E-state index is 0.00646. The molecular weight excluding hydrogens is 412 g/mol. The Kier molecular flexibility index (Phi) is 11.8. The van der Waals surface area contributed by atoms with Crippen LogP contribution in [-0.2, 0) is 16.0 Å². The molecule has 13 nitrogen and oxygen atoms in total. The van der Waals surface area contributed by atoms with E-state index in [4.69, 9.17) is 26.8 Å². The summed E-state index contributed by atoms with van der Waals surface area (Å²) in [7, 11) is 0. The third-order valence-electron chi connectivity index (χ3n) is 4.68. The van der Waals surface area contributed by atoms with Crippen LogP contribution in [0.25, 0.3) is 0 Å². The largest absolute Gasteiger partial charge is 0.480 e. The summed E-state index contributed by atoms with van der Waals surface area (Å²) < 4.78 is 0. The van der Waals surface area contributed by atoms with Crippen molar-refractivity contribution in [2.24, 2.45) is 11.5 Å². The molecule has 0 saturated heterocycles. The van der Waals surface area contributed by atoms with Crippen LogP contribution in [0.4, 0.5) is 11.8 Å². The standard InChI is InChI=1S/C18H34N6O7/c19-10(16(28)29)4-1-2-6-21-15-12(8-13(26)14(27)9-25)23-18(24-15)22-7-3-5-11(20)17(30)31/h10-11,13-14,21,25-27H,1-9,19-20H2,(H,28,29)(H,30,31)(H2,22,23,24)/t10-,11-,13-,14+/m0/s1. The second kappa shape index (κ2) is 13.8. The molecule has 31 heavy (non-hydrogen) atoms. The molecule has 0 aliphatic heterocycles. The summed E-state index contributed by atoms with van der Waals surface area (Å²) in [6.07, 6.45) is -0.123. The predicted molar refractivity (Wildman–Crippen MR) is 113 cm³/mol. The number of unbranched alkanes of at least 4 members (excludes halogenated alkanes) is 1. The first-order valence-electron chi connectivity index (χ1n) is 10.2. The first-order valence-corrected chi connectivity index (χ1v) is 10.2. The van der Waals surface area contributed by atoms with Gasteiger partial charge < -0.3 is 52.6 Å². The summed E-state index contributed by atoms with van der Waals surface area (Å²) in [6.45, 7) is 0.314. The molecule has 13 heteroatoms. The summed E-state index contributed by atoms with van der Waals surface area (Å²) in [5.74, 6) is -1.28. The molecule has 0 amide bonds. The lowest BCUT2D eigenvalue weighted by molar-refractivity contribution is -0.139. The monoisotopic (exact) mass is 446 g/mol. The van der Waals surface area contributed by atoms with Gasteiger partial charge in [-0.15, -0.1) is 0 Å². The highest BCUT2D eigenvalue weighted by Gasteiger charge is 2.20. The van der Waals surface area contributed by atoms with Crippen molar-refractivity contribution in [2.45, 2.75) is 62.8 Å². The van der Waals surface area contributed by atoms with Gasteiger partial charge in [-0.05, 0) is 32.1 Å². The van der Waals surface area contributed by atoms with Crippen molar-refractivity contribution < 1.29 is 35.1 Å². The number of aromatic nitrogens is 2. The van der Waals surface area contributed by atoms with E-state index in [9.17, 15) is 19.8 Å². The maximum absolute atomic E-state index is 10.7. The second-order valence-corrected chi connectivity index (χ2v) is 7.31. The Bertz CT molecular complexity index is 686. The maximum Gasteiger partial charge on any atom is 0.320 e. The zero-order valence-electron chi connectivity index (χ0n) is 17.3. The van der Waals surface area contributed by atoms with Crippen LogP contribution in [0, 0.1) is 0 Å². The molecule has 0 fully saturated rings. The number of anilines is 2. The quantitative estimate of drug-likeness (QED) is 0.120. The van der Waals surface area contributed by atoms with E-state index in [1.165, 1.54) is 0 Å². The van der Waals surface area contributed by atoms with Crippen LogP contribution in [0.2, 0.25) is 0 Å². The molecule has 0 spiro atoms. The zero-order valence-corrected chi connectivity index (χ0v) is 17.3. The van der Waals surface area contributed by atoms with Crippen LogP contribution in [0.3, 0.4) is 0 Å². The van der Waals surface area contributed by atoms with Crippen LogP contribution in [0.5, 0.6) is 0 Å². The lowest BCUT2D eigenvalue weighted by atomic mass is 10.1. The highest BCUT2D eigenvalue weighted by molar-refractivity contribution is 5.73. The number of hydrogen-bond donors (Lipinski definition) is 10. The van der Waals surface area contributed by atoms with Gasteiger partial charge in [0.1, 0.15) is 24.0 Å². The molecule has 12 N–H and O–H groups in total. The van der Waals surface area contributed by atoms with E-state index in [-0.39, 0.29) is 6.42 Å². The topological polar surface area (TPSA) is 240 Å². The zero-order chi connectivity index (χ0) is 23.4. The Labute approximate surface area is 179 Å². The van der Waals surface area contributed by atoms with Crippen molar-refractivity contribution in [3.63, 3.8) is 0 Å². The average molecular weight is 447 g/mol. The fourth-order valence-corrected chi connectivity index (χ4v) is 2.73. The Morgan fingerprint density at radius 3 is 2.10 bits per heavy atom. The van der Waals surface area contributed by atoms with Gasteiger partial charge in [0, 0.05) is 19.5 Å². The summed E-state index contributed by atoms with van der Waals surface area (Å²) in [4.78, 5) is 28.8. The number of aliphatic hydroxyl groups is 3. The van der Waals surface area contributed by atoms with Crippen molar-refractivity contribution in [3.8, 4) is 0 Å². The van der Waals surface area contributed by atoms with E-state index in [0.717, 1.165) is 0 Å². The highest BCUT2D eigenvalue weighted by Crippen LogP contribution is 2.19. The number of rotatable bonds is 17. The number of aromatic amines is 1. The van der Waals surface area contributed by atoms with Gasteiger partial charge in [0.05, 0.1) is 18.4 Å². The number of nitrogens with one attached hydrogen (secondary N) is 3. The van der Waals surface area contributed by atoms with Gasteiger partial charge in [-0.25, -0.2) is 0 Å². The fourth-order valence-electron chi connectivity index (χ4n) is 2.73. The first kappa shape index (κ1) is 26.6. The first-order chi connectivity index (χ1) is 14.6.